The van der Waals surface area contributed by atoms with Gasteiger partial charge in [-0.2, -0.15) is 0 Å². The topological polar surface area (TPSA) is 29.3 Å². The van der Waals surface area contributed by atoms with Crippen LogP contribution in [0.15, 0.2) is 0 Å². The molecule has 3 fully saturated rings. The Bertz CT molecular complexity index is 294. The highest BCUT2D eigenvalue weighted by molar-refractivity contribution is 5.03. The van der Waals surface area contributed by atoms with Crippen molar-refractivity contribution in [1.82, 2.24) is 4.90 Å². The Morgan fingerprint density at radius 1 is 1.05 bits per heavy atom. The maximum atomic E-state index is 6.29. The van der Waals surface area contributed by atoms with Gasteiger partial charge in [0.1, 0.15) is 0 Å². The molecule has 2 atom stereocenters. The zero-order valence-corrected chi connectivity index (χ0v) is 12.7. The molecule has 2 N–H and O–H groups in total. The van der Waals surface area contributed by atoms with Crippen LogP contribution in [-0.4, -0.2) is 29.6 Å². The largest absolute Gasteiger partial charge is 0.329 e. The molecule has 3 rings (SSSR count). The van der Waals surface area contributed by atoms with Crippen LogP contribution < -0.4 is 5.73 Å². The third kappa shape index (κ3) is 2.47. The van der Waals surface area contributed by atoms with Crippen molar-refractivity contribution < 1.29 is 0 Å². The lowest BCUT2D eigenvalue weighted by molar-refractivity contribution is 0.0145. The van der Waals surface area contributed by atoms with Crippen molar-refractivity contribution in [2.24, 2.45) is 17.6 Å². The summed E-state index contributed by atoms with van der Waals surface area (Å²) in [5.41, 5.74) is 6.66. The van der Waals surface area contributed by atoms with Crippen LogP contribution in [0.1, 0.15) is 71.1 Å². The number of hydrogen-bond donors (Lipinski definition) is 1. The minimum absolute atomic E-state index is 0.377. The van der Waals surface area contributed by atoms with E-state index in [1.54, 1.807) is 0 Å². The zero-order chi connectivity index (χ0) is 13.3. The standard InChI is InChI=1S/C17H32N2/c1-2-14-7-10-17(13-18,11-8-14)19-12-9-15-5-3-4-6-16(15)19/h14-16H,2-13,18H2,1H3. The molecule has 0 radical (unpaired) electrons. The van der Waals surface area contributed by atoms with Crippen LogP contribution in [0.2, 0.25) is 0 Å². The highest BCUT2D eigenvalue weighted by atomic mass is 15.3. The molecule has 1 saturated heterocycles. The van der Waals surface area contributed by atoms with Gasteiger partial charge in [-0.05, 0) is 63.3 Å². The first kappa shape index (κ1) is 13.9. The molecule has 1 aliphatic heterocycles. The highest BCUT2D eigenvalue weighted by Crippen LogP contribution is 2.45. The number of rotatable bonds is 3. The normalized spacial score (nSPS) is 44.2. The molecule has 2 unspecified atom stereocenters. The molecular weight excluding hydrogens is 232 g/mol. The third-order valence-corrected chi connectivity index (χ3v) is 6.61. The average molecular weight is 264 g/mol. The number of likely N-dealkylation sites (tertiary alicyclic amines) is 1. The van der Waals surface area contributed by atoms with Crippen LogP contribution in [0.25, 0.3) is 0 Å². The van der Waals surface area contributed by atoms with Crippen molar-refractivity contribution in [2.75, 3.05) is 13.1 Å². The molecule has 2 heteroatoms. The summed E-state index contributed by atoms with van der Waals surface area (Å²) in [6, 6.07) is 0.885. The molecule has 19 heavy (non-hydrogen) atoms. The van der Waals surface area contributed by atoms with E-state index in [0.717, 1.165) is 24.4 Å². The smallest absolute Gasteiger partial charge is 0.0335 e. The van der Waals surface area contributed by atoms with Crippen molar-refractivity contribution in [3.05, 3.63) is 0 Å². The number of hydrogen-bond acceptors (Lipinski definition) is 2. The van der Waals surface area contributed by atoms with E-state index in [-0.39, 0.29) is 0 Å². The van der Waals surface area contributed by atoms with E-state index in [2.05, 4.69) is 11.8 Å². The summed E-state index contributed by atoms with van der Waals surface area (Å²) >= 11 is 0. The Balaban J connectivity index is 1.71. The number of fused-ring (bicyclic) bond motifs is 1. The first-order chi connectivity index (χ1) is 9.29. The Morgan fingerprint density at radius 2 is 1.79 bits per heavy atom. The minimum Gasteiger partial charge on any atom is -0.329 e. The molecule has 0 aromatic rings. The van der Waals surface area contributed by atoms with Gasteiger partial charge in [-0.25, -0.2) is 0 Å². The molecule has 0 spiro atoms. The maximum absolute atomic E-state index is 6.29. The molecule has 0 aromatic heterocycles. The van der Waals surface area contributed by atoms with Gasteiger partial charge in [0.25, 0.3) is 0 Å². The fourth-order valence-corrected chi connectivity index (χ4v) is 5.23. The molecule has 2 nitrogen and oxygen atoms in total. The summed E-state index contributed by atoms with van der Waals surface area (Å²) in [7, 11) is 0. The van der Waals surface area contributed by atoms with Gasteiger partial charge in [0.2, 0.25) is 0 Å². The molecule has 3 aliphatic rings. The Morgan fingerprint density at radius 3 is 2.47 bits per heavy atom. The van der Waals surface area contributed by atoms with E-state index in [1.165, 1.54) is 70.8 Å². The summed E-state index contributed by atoms with van der Waals surface area (Å²) in [5, 5.41) is 0. The summed E-state index contributed by atoms with van der Waals surface area (Å²) in [6.45, 7) is 4.59. The second-order valence-corrected chi connectivity index (χ2v) is 7.37. The maximum Gasteiger partial charge on any atom is 0.0335 e. The molecule has 1 heterocycles. The Hall–Kier alpha value is -0.0800. The summed E-state index contributed by atoms with van der Waals surface area (Å²) in [4.78, 5) is 2.89. The molecule has 110 valence electrons. The van der Waals surface area contributed by atoms with E-state index in [4.69, 9.17) is 5.73 Å². The van der Waals surface area contributed by atoms with Crippen molar-refractivity contribution in [2.45, 2.75) is 82.7 Å². The van der Waals surface area contributed by atoms with E-state index in [1.807, 2.05) is 0 Å². The highest BCUT2D eigenvalue weighted by Gasteiger charge is 2.47. The van der Waals surface area contributed by atoms with Crippen LogP contribution in [0.5, 0.6) is 0 Å². The lowest BCUT2D eigenvalue weighted by Crippen LogP contribution is -2.58. The number of nitrogens with zero attached hydrogens (tertiary/aromatic N) is 1. The molecular formula is C17H32N2. The van der Waals surface area contributed by atoms with Gasteiger partial charge in [-0.1, -0.05) is 26.2 Å². The van der Waals surface area contributed by atoms with Crippen molar-refractivity contribution >= 4 is 0 Å². The van der Waals surface area contributed by atoms with Crippen LogP contribution in [-0.2, 0) is 0 Å². The second-order valence-electron chi connectivity index (χ2n) is 7.37. The fraction of sp³-hybridized carbons (Fsp3) is 1.00. The van der Waals surface area contributed by atoms with Gasteiger partial charge in [0.15, 0.2) is 0 Å². The van der Waals surface area contributed by atoms with Crippen LogP contribution >= 0.6 is 0 Å². The lowest BCUT2D eigenvalue weighted by atomic mass is 9.73. The summed E-state index contributed by atoms with van der Waals surface area (Å²) < 4.78 is 0. The first-order valence-electron chi connectivity index (χ1n) is 8.76. The van der Waals surface area contributed by atoms with Crippen molar-refractivity contribution in [1.29, 1.82) is 0 Å². The third-order valence-electron chi connectivity index (χ3n) is 6.61. The van der Waals surface area contributed by atoms with Crippen LogP contribution in [0, 0.1) is 11.8 Å². The average Bonchev–Trinajstić information content (AvgIpc) is 2.92. The molecule has 2 aliphatic carbocycles. The zero-order valence-electron chi connectivity index (χ0n) is 12.7. The van der Waals surface area contributed by atoms with Gasteiger partial charge in [-0.3, -0.25) is 4.90 Å². The van der Waals surface area contributed by atoms with E-state index < -0.39 is 0 Å². The predicted molar refractivity (Wildman–Crippen MR) is 81.1 cm³/mol. The molecule has 2 saturated carbocycles. The quantitative estimate of drug-likeness (QED) is 0.844. The van der Waals surface area contributed by atoms with Crippen LogP contribution in [0.3, 0.4) is 0 Å². The minimum atomic E-state index is 0.377. The van der Waals surface area contributed by atoms with E-state index >= 15 is 0 Å². The van der Waals surface area contributed by atoms with Gasteiger partial charge >= 0.3 is 0 Å². The second kappa shape index (κ2) is 5.73. The number of nitrogens with two attached hydrogens (primary N) is 1. The molecule has 0 amide bonds. The van der Waals surface area contributed by atoms with E-state index in [0.29, 0.717) is 5.54 Å². The summed E-state index contributed by atoms with van der Waals surface area (Å²) in [5.74, 6) is 1.98. The fourth-order valence-electron chi connectivity index (χ4n) is 5.23. The first-order valence-corrected chi connectivity index (χ1v) is 8.76. The van der Waals surface area contributed by atoms with Gasteiger partial charge in [0, 0.05) is 18.1 Å². The van der Waals surface area contributed by atoms with Crippen molar-refractivity contribution in [3.63, 3.8) is 0 Å². The monoisotopic (exact) mass is 264 g/mol. The van der Waals surface area contributed by atoms with E-state index in [9.17, 15) is 0 Å². The predicted octanol–water partition coefficient (Wildman–Crippen LogP) is 3.55. The molecule has 0 bridgehead atoms. The Kier molecular flexibility index (Phi) is 4.19. The van der Waals surface area contributed by atoms with Gasteiger partial charge < -0.3 is 5.73 Å². The van der Waals surface area contributed by atoms with Crippen LogP contribution in [0.4, 0.5) is 0 Å². The Labute approximate surface area is 119 Å². The summed E-state index contributed by atoms with van der Waals surface area (Å²) in [6.07, 6.45) is 14.2. The molecule has 0 aromatic carbocycles. The lowest BCUT2D eigenvalue weighted by Gasteiger charge is -2.50. The van der Waals surface area contributed by atoms with Crippen molar-refractivity contribution in [3.8, 4) is 0 Å². The SMILES string of the molecule is CCC1CCC(CN)(N2CCC3CCCCC32)CC1. The van der Waals surface area contributed by atoms with Gasteiger partial charge in [0.05, 0.1) is 0 Å². The van der Waals surface area contributed by atoms with Gasteiger partial charge in [-0.15, -0.1) is 0 Å².